The number of hydrogen-bond acceptors (Lipinski definition) is 5. The molecule has 0 radical (unpaired) electrons. The van der Waals surface area contributed by atoms with Crippen molar-refractivity contribution in [1.29, 1.82) is 0 Å². The zero-order valence-corrected chi connectivity index (χ0v) is 13.3. The maximum absolute atomic E-state index is 12.6. The molecule has 6 heteroatoms. The van der Waals surface area contributed by atoms with E-state index in [4.69, 9.17) is 0 Å². The molecule has 2 aromatic heterocycles. The van der Waals surface area contributed by atoms with Gasteiger partial charge in [-0.25, -0.2) is 9.97 Å². The first-order valence-electron chi connectivity index (χ1n) is 7.96. The van der Waals surface area contributed by atoms with Gasteiger partial charge in [0, 0.05) is 23.3 Å². The Labute approximate surface area is 139 Å². The van der Waals surface area contributed by atoms with Crippen LogP contribution in [0.5, 0.6) is 0 Å². The highest BCUT2D eigenvalue weighted by Crippen LogP contribution is 2.24. The van der Waals surface area contributed by atoms with Crippen LogP contribution in [0.3, 0.4) is 0 Å². The number of fused-ring (bicyclic) bond motifs is 1. The van der Waals surface area contributed by atoms with Gasteiger partial charge in [0.1, 0.15) is 5.69 Å². The number of carbonyl (C=O) groups is 1. The second-order valence-electron chi connectivity index (χ2n) is 5.97. The molecule has 1 aromatic carbocycles. The SMILES string of the molecule is Cc1cc(C(=O)Nc2cccc3cccnc23)nc(NC2CC2)n1. The van der Waals surface area contributed by atoms with Crippen LogP contribution in [-0.4, -0.2) is 26.9 Å². The first kappa shape index (κ1) is 14.6. The van der Waals surface area contributed by atoms with Crippen LogP contribution in [0.15, 0.2) is 42.6 Å². The van der Waals surface area contributed by atoms with Crippen molar-refractivity contribution in [2.45, 2.75) is 25.8 Å². The van der Waals surface area contributed by atoms with E-state index in [0.29, 0.717) is 23.4 Å². The van der Waals surface area contributed by atoms with E-state index in [9.17, 15) is 4.79 Å². The van der Waals surface area contributed by atoms with Crippen molar-refractivity contribution in [3.63, 3.8) is 0 Å². The average Bonchev–Trinajstić information content (AvgIpc) is 3.38. The summed E-state index contributed by atoms with van der Waals surface area (Å²) < 4.78 is 0. The molecule has 2 heterocycles. The summed E-state index contributed by atoms with van der Waals surface area (Å²) in [6.07, 6.45) is 3.96. The number of aryl methyl sites for hydroxylation is 1. The molecule has 0 saturated heterocycles. The predicted molar refractivity (Wildman–Crippen MR) is 93.1 cm³/mol. The number of nitrogens with one attached hydrogen (secondary N) is 2. The van der Waals surface area contributed by atoms with Gasteiger partial charge in [0.25, 0.3) is 5.91 Å². The van der Waals surface area contributed by atoms with Gasteiger partial charge in [0.05, 0.1) is 11.2 Å². The molecule has 2 N–H and O–H groups in total. The summed E-state index contributed by atoms with van der Waals surface area (Å²) in [5, 5.41) is 7.11. The molecule has 1 aliphatic rings. The van der Waals surface area contributed by atoms with Crippen LogP contribution >= 0.6 is 0 Å². The molecule has 0 spiro atoms. The summed E-state index contributed by atoms with van der Waals surface area (Å²) in [5.74, 6) is 0.246. The first-order valence-corrected chi connectivity index (χ1v) is 7.96. The highest BCUT2D eigenvalue weighted by Gasteiger charge is 2.22. The Morgan fingerprint density at radius 3 is 2.83 bits per heavy atom. The molecule has 4 rings (SSSR count). The fourth-order valence-electron chi connectivity index (χ4n) is 2.55. The minimum absolute atomic E-state index is 0.266. The Balaban J connectivity index is 1.62. The maximum Gasteiger partial charge on any atom is 0.274 e. The molecular weight excluding hydrogens is 302 g/mol. The number of carbonyl (C=O) groups excluding carboxylic acids is 1. The Morgan fingerprint density at radius 1 is 1.17 bits per heavy atom. The van der Waals surface area contributed by atoms with Crippen molar-refractivity contribution >= 4 is 28.4 Å². The summed E-state index contributed by atoms with van der Waals surface area (Å²) in [4.78, 5) is 25.6. The van der Waals surface area contributed by atoms with Gasteiger partial charge in [-0.15, -0.1) is 0 Å². The monoisotopic (exact) mass is 319 g/mol. The minimum atomic E-state index is -0.266. The third kappa shape index (κ3) is 3.03. The molecule has 1 aliphatic carbocycles. The quantitative estimate of drug-likeness (QED) is 0.772. The van der Waals surface area contributed by atoms with Crippen LogP contribution in [0, 0.1) is 6.92 Å². The van der Waals surface area contributed by atoms with E-state index >= 15 is 0 Å². The van der Waals surface area contributed by atoms with E-state index in [0.717, 1.165) is 29.4 Å². The Morgan fingerprint density at radius 2 is 2.00 bits per heavy atom. The van der Waals surface area contributed by atoms with Crippen molar-refractivity contribution < 1.29 is 4.79 Å². The number of para-hydroxylation sites is 1. The third-order valence-electron chi connectivity index (χ3n) is 3.88. The summed E-state index contributed by atoms with van der Waals surface area (Å²) in [6, 6.07) is 11.7. The van der Waals surface area contributed by atoms with Gasteiger partial charge in [-0.3, -0.25) is 9.78 Å². The Hall–Kier alpha value is -3.02. The largest absolute Gasteiger partial charge is 0.351 e. The van der Waals surface area contributed by atoms with Crippen LogP contribution in [0.4, 0.5) is 11.6 Å². The standard InChI is InChI=1S/C18H17N5O/c1-11-10-15(23-18(20-11)21-13-7-8-13)17(24)22-14-6-2-4-12-5-3-9-19-16(12)14/h2-6,9-10,13H,7-8H2,1H3,(H,22,24)(H,20,21,23). The van der Waals surface area contributed by atoms with E-state index < -0.39 is 0 Å². The molecule has 0 aliphatic heterocycles. The molecule has 1 amide bonds. The van der Waals surface area contributed by atoms with E-state index in [1.807, 2.05) is 37.3 Å². The number of hydrogen-bond donors (Lipinski definition) is 2. The topological polar surface area (TPSA) is 79.8 Å². The minimum Gasteiger partial charge on any atom is -0.351 e. The molecule has 6 nitrogen and oxygen atoms in total. The molecule has 3 aromatic rings. The molecule has 0 unspecified atom stereocenters. The van der Waals surface area contributed by atoms with Crippen molar-refractivity contribution in [3.8, 4) is 0 Å². The molecule has 1 fully saturated rings. The molecule has 120 valence electrons. The summed E-state index contributed by atoms with van der Waals surface area (Å²) in [5.41, 5.74) is 2.54. The zero-order chi connectivity index (χ0) is 16.5. The lowest BCUT2D eigenvalue weighted by molar-refractivity contribution is 0.102. The number of rotatable bonds is 4. The second kappa shape index (κ2) is 5.88. The molecular formula is C18H17N5O. The number of benzene rings is 1. The number of aromatic nitrogens is 3. The lowest BCUT2D eigenvalue weighted by Crippen LogP contribution is -2.17. The van der Waals surface area contributed by atoms with E-state index in [2.05, 4.69) is 25.6 Å². The fourth-order valence-corrected chi connectivity index (χ4v) is 2.55. The number of pyridine rings is 1. The molecule has 0 atom stereocenters. The van der Waals surface area contributed by atoms with Crippen LogP contribution in [0.25, 0.3) is 10.9 Å². The Kier molecular flexibility index (Phi) is 3.57. The van der Waals surface area contributed by atoms with Crippen molar-refractivity contribution in [3.05, 3.63) is 54.0 Å². The smallest absolute Gasteiger partial charge is 0.274 e. The van der Waals surface area contributed by atoms with Crippen LogP contribution < -0.4 is 10.6 Å². The van der Waals surface area contributed by atoms with Gasteiger partial charge >= 0.3 is 0 Å². The highest BCUT2D eigenvalue weighted by molar-refractivity contribution is 6.07. The van der Waals surface area contributed by atoms with E-state index in [-0.39, 0.29) is 5.91 Å². The maximum atomic E-state index is 12.6. The van der Waals surface area contributed by atoms with Crippen LogP contribution in [-0.2, 0) is 0 Å². The normalized spacial score (nSPS) is 13.7. The number of nitrogens with zero attached hydrogens (tertiary/aromatic N) is 3. The van der Waals surface area contributed by atoms with Gasteiger partial charge in [-0.2, -0.15) is 0 Å². The highest BCUT2D eigenvalue weighted by atomic mass is 16.1. The lowest BCUT2D eigenvalue weighted by atomic mass is 10.2. The summed E-state index contributed by atoms with van der Waals surface area (Å²) >= 11 is 0. The van der Waals surface area contributed by atoms with Crippen LogP contribution in [0.1, 0.15) is 29.0 Å². The second-order valence-corrected chi connectivity index (χ2v) is 5.97. The summed E-state index contributed by atoms with van der Waals surface area (Å²) in [7, 11) is 0. The van der Waals surface area contributed by atoms with Gasteiger partial charge in [-0.1, -0.05) is 18.2 Å². The lowest BCUT2D eigenvalue weighted by Gasteiger charge is -2.09. The molecule has 24 heavy (non-hydrogen) atoms. The van der Waals surface area contributed by atoms with Gasteiger partial charge in [0.2, 0.25) is 5.95 Å². The summed E-state index contributed by atoms with van der Waals surface area (Å²) in [6.45, 7) is 1.86. The number of amides is 1. The van der Waals surface area contributed by atoms with Gasteiger partial charge in [-0.05, 0) is 38.0 Å². The Bertz CT molecular complexity index is 915. The average molecular weight is 319 g/mol. The molecule has 1 saturated carbocycles. The predicted octanol–water partition coefficient (Wildman–Crippen LogP) is 3.16. The number of anilines is 2. The fraction of sp³-hybridized carbons (Fsp3) is 0.222. The third-order valence-corrected chi connectivity index (χ3v) is 3.88. The first-order chi connectivity index (χ1) is 11.7. The zero-order valence-electron chi connectivity index (χ0n) is 13.3. The van der Waals surface area contributed by atoms with Crippen molar-refractivity contribution in [1.82, 2.24) is 15.0 Å². The van der Waals surface area contributed by atoms with Crippen LogP contribution in [0.2, 0.25) is 0 Å². The van der Waals surface area contributed by atoms with Gasteiger partial charge < -0.3 is 10.6 Å². The molecule has 0 bridgehead atoms. The van der Waals surface area contributed by atoms with Crippen molar-refractivity contribution in [2.75, 3.05) is 10.6 Å². The van der Waals surface area contributed by atoms with E-state index in [1.54, 1.807) is 12.3 Å². The van der Waals surface area contributed by atoms with Gasteiger partial charge in [0.15, 0.2) is 0 Å². The van der Waals surface area contributed by atoms with E-state index in [1.165, 1.54) is 0 Å². The van der Waals surface area contributed by atoms with Crippen molar-refractivity contribution in [2.24, 2.45) is 0 Å².